The molecule has 3 N–H and O–H groups in total. The fourth-order valence-corrected chi connectivity index (χ4v) is 4.62. The van der Waals surface area contributed by atoms with Crippen LogP contribution in [0, 0.1) is 0 Å². The third-order valence-electron chi connectivity index (χ3n) is 7.17. The van der Waals surface area contributed by atoms with Crippen molar-refractivity contribution < 1.29 is 28.7 Å². The van der Waals surface area contributed by atoms with Gasteiger partial charge in [0, 0.05) is 19.5 Å². The normalized spacial score (nSPS) is 20.9. The van der Waals surface area contributed by atoms with E-state index in [2.05, 4.69) is 16.0 Å². The van der Waals surface area contributed by atoms with Crippen molar-refractivity contribution >= 4 is 23.5 Å². The zero-order chi connectivity index (χ0) is 28.5. The van der Waals surface area contributed by atoms with Crippen LogP contribution >= 0.6 is 0 Å². The van der Waals surface area contributed by atoms with E-state index in [-0.39, 0.29) is 24.7 Å². The molecule has 2 saturated heterocycles. The van der Waals surface area contributed by atoms with Gasteiger partial charge in [-0.3, -0.25) is 24.1 Å². The Labute approximate surface area is 234 Å². The summed E-state index contributed by atoms with van der Waals surface area (Å²) in [5.74, 6) is -1.46. The number of nitrogens with zero attached hydrogens (tertiary/aromatic N) is 1. The zero-order valence-electron chi connectivity index (χ0n) is 23.1. The minimum absolute atomic E-state index is 0.166. The smallest absolute Gasteiger partial charge is 0.243 e. The number of nitrogens with one attached hydrogen (secondary N) is 3. The van der Waals surface area contributed by atoms with Gasteiger partial charge >= 0.3 is 0 Å². The molecule has 4 atom stereocenters. The van der Waals surface area contributed by atoms with E-state index < -0.39 is 35.5 Å². The van der Waals surface area contributed by atoms with Gasteiger partial charge < -0.3 is 25.4 Å². The first-order valence-electron chi connectivity index (χ1n) is 13.7. The van der Waals surface area contributed by atoms with Crippen LogP contribution in [0.15, 0.2) is 60.7 Å². The maximum absolute atomic E-state index is 13.6. The number of rotatable bonds is 13. The van der Waals surface area contributed by atoms with Crippen LogP contribution in [0.4, 0.5) is 0 Å². The maximum Gasteiger partial charge on any atom is 0.243 e. The van der Waals surface area contributed by atoms with Crippen molar-refractivity contribution in [2.45, 2.75) is 50.4 Å². The second-order valence-corrected chi connectivity index (χ2v) is 10.6. The first-order valence-corrected chi connectivity index (χ1v) is 13.7. The Kier molecular flexibility index (Phi) is 10.0. The lowest BCUT2D eigenvalue weighted by molar-refractivity contribution is -0.134. The monoisotopic (exact) mass is 550 g/mol. The molecule has 0 spiro atoms. The molecule has 2 heterocycles. The van der Waals surface area contributed by atoms with Gasteiger partial charge in [-0.2, -0.15) is 0 Å². The molecule has 0 radical (unpaired) electrons. The Morgan fingerprint density at radius 2 is 1.35 bits per heavy atom. The van der Waals surface area contributed by atoms with Crippen molar-refractivity contribution in [3.63, 3.8) is 0 Å². The Morgan fingerprint density at radius 3 is 1.90 bits per heavy atom. The first kappa shape index (κ1) is 29.4. The number of hydrogen-bond donors (Lipinski definition) is 3. The van der Waals surface area contributed by atoms with E-state index in [0.29, 0.717) is 39.3 Å². The summed E-state index contributed by atoms with van der Waals surface area (Å²) >= 11 is 0. The van der Waals surface area contributed by atoms with Crippen molar-refractivity contribution in [3.8, 4) is 0 Å². The molecule has 0 aliphatic carbocycles. The summed E-state index contributed by atoms with van der Waals surface area (Å²) in [5, 5.41) is 8.40. The molecule has 2 aliphatic rings. The fraction of sp³-hybridized carbons (Fsp3) is 0.467. The minimum Gasteiger partial charge on any atom is -0.379 e. The number of carbonyl (C=O) groups excluding carboxylic acids is 4. The van der Waals surface area contributed by atoms with Crippen LogP contribution in [0.2, 0.25) is 0 Å². The van der Waals surface area contributed by atoms with E-state index in [1.807, 2.05) is 65.6 Å². The van der Waals surface area contributed by atoms with Gasteiger partial charge in [-0.15, -0.1) is 0 Å². The Balaban J connectivity index is 1.44. The highest BCUT2D eigenvalue weighted by Gasteiger charge is 2.50. The molecule has 2 fully saturated rings. The minimum atomic E-state index is -0.965. The molecule has 214 valence electrons. The standard InChI is InChI=1S/C30H38N4O6/c1-21(31-26(35)19-34-13-15-39-16-14-34)28(37)33-25(18-23-11-7-4-8-12-23)29(38)32-24(27(36)30(2)20-40-30)17-22-9-5-3-6-10-22/h3-12,21,24-25H,13-20H2,1-2H3,(H,31,35)(H,32,38)(H,33,37)/t21-,24-,25-,30+/m0/s1. The molecule has 4 rings (SSSR count). The van der Waals surface area contributed by atoms with Crippen molar-refractivity contribution in [1.29, 1.82) is 0 Å². The zero-order valence-corrected chi connectivity index (χ0v) is 23.1. The molecule has 10 heteroatoms. The molecule has 2 aromatic carbocycles. The Bertz CT molecular complexity index is 1170. The highest BCUT2D eigenvalue weighted by atomic mass is 16.6. The SMILES string of the molecule is C[C@H](NC(=O)CN1CCOCC1)C(=O)N[C@@H](Cc1ccccc1)C(=O)N[C@@H](Cc1ccccc1)C(=O)[C@@]1(C)CO1. The van der Waals surface area contributed by atoms with Crippen LogP contribution in [-0.2, 0) is 41.5 Å². The van der Waals surface area contributed by atoms with E-state index in [0.717, 1.165) is 11.1 Å². The number of carbonyl (C=O) groups is 4. The summed E-state index contributed by atoms with van der Waals surface area (Å²) in [7, 11) is 0. The molecule has 10 nitrogen and oxygen atoms in total. The largest absolute Gasteiger partial charge is 0.379 e. The van der Waals surface area contributed by atoms with Crippen LogP contribution < -0.4 is 16.0 Å². The topological polar surface area (TPSA) is 129 Å². The molecule has 0 unspecified atom stereocenters. The number of amides is 3. The van der Waals surface area contributed by atoms with Gasteiger partial charge in [0.2, 0.25) is 17.7 Å². The van der Waals surface area contributed by atoms with Crippen molar-refractivity contribution in [3.05, 3.63) is 71.8 Å². The summed E-state index contributed by atoms with van der Waals surface area (Å²) in [6.07, 6.45) is 0.511. The number of morpholine rings is 1. The van der Waals surface area contributed by atoms with E-state index in [1.165, 1.54) is 0 Å². The van der Waals surface area contributed by atoms with Crippen molar-refractivity contribution in [2.75, 3.05) is 39.5 Å². The quantitative estimate of drug-likeness (QED) is 0.312. The number of hydrogen-bond acceptors (Lipinski definition) is 7. The highest BCUT2D eigenvalue weighted by molar-refractivity contribution is 5.98. The molecule has 0 saturated carbocycles. The predicted octanol–water partition coefficient (Wildman–Crippen LogP) is 0.636. The number of benzene rings is 2. The van der Waals surface area contributed by atoms with E-state index in [9.17, 15) is 19.2 Å². The van der Waals surface area contributed by atoms with E-state index in [1.54, 1.807) is 13.8 Å². The lowest BCUT2D eigenvalue weighted by atomic mass is 9.94. The van der Waals surface area contributed by atoms with E-state index in [4.69, 9.17) is 9.47 Å². The molecule has 2 aliphatic heterocycles. The molecule has 3 amide bonds. The number of ether oxygens (including phenoxy) is 2. The Morgan fingerprint density at radius 1 is 0.825 bits per heavy atom. The average molecular weight is 551 g/mol. The summed E-state index contributed by atoms with van der Waals surface area (Å²) in [5.41, 5.74) is 0.811. The van der Waals surface area contributed by atoms with Crippen LogP contribution in [0.25, 0.3) is 0 Å². The predicted molar refractivity (Wildman–Crippen MR) is 148 cm³/mol. The number of ketones is 1. The van der Waals surface area contributed by atoms with Crippen LogP contribution in [0.3, 0.4) is 0 Å². The average Bonchev–Trinajstić information content (AvgIpc) is 3.71. The third-order valence-corrected chi connectivity index (χ3v) is 7.17. The number of Topliss-reactive ketones (excluding diaryl/α,β-unsaturated/α-hetero) is 1. The molecule has 0 bridgehead atoms. The van der Waals surface area contributed by atoms with Gasteiger partial charge in [0.25, 0.3) is 0 Å². The lowest BCUT2D eigenvalue weighted by Gasteiger charge is -2.27. The van der Waals surface area contributed by atoms with Gasteiger partial charge in [0.1, 0.15) is 17.7 Å². The van der Waals surface area contributed by atoms with Gasteiger partial charge in [0.05, 0.1) is 32.4 Å². The van der Waals surface area contributed by atoms with Gasteiger partial charge in [-0.1, -0.05) is 60.7 Å². The molecule has 40 heavy (non-hydrogen) atoms. The van der Waals surface area contributed by atoms with Gasteiger partial charge in [0.15, 0.2) is 5.78 Å². The molecular formula is C30H38N4O6. The van der Waals surface area contributed by atoms with Crippen molar-refractivity contribution in [1.82, 2.24) is 20.9 Å². The third kappa shape index (κ3) is 8.45. The lowest BCUT2D eigenvalue weighted by Crippen LogP contribution is -2.57. The fourth-order valence-electron chi connectivity index (χ4n) is 4.62. The number of epoxide rings is 1. The highest BCUT2D eigenvalue weighted by Crippen LogP contribution is 2.29. The van der Waals surface area contributed by atoms with Crippen LogP contribution in [0.1, 0.15) is 25.0 Å². The van der Waals surface area contributed by atoms with E-state index >= 15 is 0 Å². The summed E-state index contributed by atoms with van der Waals surface area (Å²) < 4.78 is 10.7. The Hall–Kier alpha value is -3.60. The maximum atomic E-state index is 13.6. The van der Waals surface area contributed by atoms with Crippen LogP contribution in [-0.4, -0.2) is 91.6 Å². The summed E-state index contributed by atoms with van der Waals surface area (Å²) in [6, 6.07) is 16.1. The van der Waals surface area contributed by atoms with Crippen LogP contribution in [0.5, 0.6) is 0 Å². The second-order valence-electron chi connectivity index (χ2n) is 10.6. The molecule has 0 aromatic heterocycles. The second kappa shape index (κ2) is 13.6. The van der Waals surface area contributed by atoms with Gasteiger partial charge in [-0.25, -0.2) is 0 Å². The molecular weight excluding hydrogens is 512 g/mol. The van der Waals surface area contributed by atoms with Crippen molar-refractivity contribution in [2.24, 2.45) is 0 Å². The van der Waals surface area contributed by atoms with Gasteiger partial charge in [-0.05, 0) is 31.4 Å². The summed E-state index contributed by atoms with van der Waals surface area (Å²) in [4.78, 5) is 54.5. The first-order chi connectivity index (χ1) is 19.2. The summed E-state index contributed by atoms with van der Waals surface area (Å²) in [6.45, 7) is 6.21. The molecule has 2 aromatic rings.